The summed E-state index contributed by atoms with van der Waals surface area (Å²) in [6, 6.07) is 8.22. The lowest BCUT2D eigenvalue weighted by Gasteiger charge is -2.39. The number of rotatable bonds is 8. The second-order valence-corrected chi connectivity index (χ2v) is 10.7. The van der Waals surface area contributed by atoms with E-state index in [9.17, 15) is 22.8 Å². The maximum atomic E-state index is 13.3. The maximum Gasteiger partial charge on any atom is 0.328 e. The third-order valence-corrected chi connectivity index (χ3v) is 7.64. The zero-order valence-corrected chi connectivity index (χ0v) is 20.7. The van der Waals surface area contributed by atoms with E-state index < -0.39 is 34.0 Å². The van der Waals surface area contributed by atoms with E-state index in [0.29, 0.717) is 10.6 Å². The first kappa shape index (κ1) is 25.7. The van der Waals surface area contributed by atoms with Gasteiger partial charge in [0.25, 0.3) is 5.91 Å². The van der Waals surface area contributed by atoms with Crippen LogP contribution in [0.25, 0.3) is 0 Å². The summed E-state index contributed by atoms with van der Waals surface area (Å²) in [6.45, 7) is -0.0898. The van der Waals surface area contributed by atoms with Gasteiger partial charge in [0, 0.05) is 26.1 Å². The summed E-state index contributed by atoms with van der Waals surface area (Å²) < 4.78 is 35.4. The molecule has 1 aromatic heterocycles. The highest BCUT2D eigenvalue weighted by Crippen LogP contribution is 2.20. The van der Waals surface area contributed by atoms with Crippen molar-refractivity contribution in [3.8, 4) is 5.75 Å². The molecule has 2 amide bonds. The normalized spacial score (nSPS) is 17.6. The van der Waals surface area contributed by atoms with Crippen LogP contribution in [-0.4, -0.2) is 87.6 Å². The highest BCUT2D eigenvalue weighted by Gasteiger charge is 2.40. The molecule has 2 heterocycles. The average molecular weight is 510 g/mol. The van der Waals surface area contributed by atoms with Crippen LogP contribution in [-0.2, 0) is 30.8 Å². The highest BCUT2D eigenvalue weighted by molar-refractivity contribution is 7.88. The molecule has 0 bridgehead atoms. The molecule has 1 aliphatic rings. The first-order chi connectivity index (χ1) is 16.1. The minimum absolute atomic E-state index is 0.0449. The minimum Gasteiger partial charge on any atom is -0.497 e. The number of sulfonamides is 1. The van der Waals surface area contributed by atoms with Crippen LogP contribution in [0.4, 0.5) is 0 Å². The Balaban J connectivity index is 1.83. The lowest BCUT2D eigenvalue weighted by Crippen LogP contribution is -2.62. The van der Waals surface area contributed by atoms with E-state index in [0.717, 1.165) is 16.1 Å². The first-order valence-electron chi connectivity index (χ1n) is 10.4. The van der Waals surface area contributed by atoms with E-state index >= 15 is 0 Å². The van der Waals surface area contributed by atoms with Gasteiger partial charge < -0.3 is 19.7 Å². The third-order valence-electron chi connectivity index (χ3n) is 5.51. The summed E-state index contributed by atoms with van der Waals surface area (Å²) in [5.74, 6) is -1.01. The molecule has 0 saturated carbocycles. The quantitative estimate of drug-likeness (QED) is 0.521. The van der Waals surface area contributed by atoms with Crippen molar-refractivity contribution in [3.63, 3.8) is 0 Å². The number of carbonyl (C=O) groups is 3. The lowest BCUT2D eigenvalue weighted by atomic mass is 10.0. The van der Waals surface area contributed by atoms with Crippen molar-refractivity contribution in [2.24, 2.45) is 0 Å². The number of methoxy groups -OCH3 is 2. The SMILES string of the molecule is COC(=O)C(Cc1ccc(OC)cc1)NC(=O)C1CN(S(C)(=O)=O)CCN1C(=O)c1cccs1. The molecule has 184 valence electrons. The van der Waals surface area contributed by atoms with Crippen LogP contribution in [0.5, 0.6) is 5.75 Å². The molecule has 2 atom stereocenters. The van der Waals surface area contributed by atoms with Gasteiger partial charge in [0.2, 0.25) is 15.9 Å². The Morgan fingerprint density at radius 2 is 1.85 bits per heavy atom. The highest BCUT2D eigenvalue weighted by atomic mass is 32.2. The van der Waals surface area contributed by atoms with Gasteiger partial charge in [-0.25, -0.2) is 13.2 Å². The van der Waals surface area contributed by atoms with Crippen molar-refractivity contribution in [2.75, 3.05) is 40.1 Å². The van der Waals surface area contributed by atoms with E-state index in [-0.39, 0.29) is 32.0 Å². The molecular formula is C22H27N3O7S2. The fraction of sp³-hybridized carbons (Fsp3) is 0.409. The molecular weight excluding hydrogens is 482 g/mol. The summed E-state index contributed by atoms with van der Waals surface area (Å²) in [7, 11) is -0.828. The minimum atomic E-state index is -3.59. The average Bonchev–Trinajstić information content (AvgIpc) is 3.37. The summed E-state index contributed by atoms with van der Waals surface area (Å²) in [6.07, 6.45) is 1.20. The fourth-order valence-corrected chi connectivity index (χ4v) is 5.17. The first-order valence-corrected chi connectivity index (χ1v) is 13.2. The number of hydrogen-bond donors (Lipinski definition) is 1. The Morgan fingerprint density at radius 3 is 2.41 bits per heavy atom. The molecule has 10 nitrogen and oxygen atoms in total. The van der Waals surface area contributed by atoms with Crippen molar-refractivity contribution in [1.29, 1.82) is 0 Å². The van der Waals surface area contributed by atoms with E-state index in [4.69, 9.17) is 9.47 Å². The van der Waals surface area contributed by atoms with Crippen molar-refractivity contribution >= 4 is 39.1 Å². The Bertz CT molecular complexity index is 1120. The number of hydrogen-bond acceptors (Lipinski definition) is 8. The number of piperazine rings is 1. The largest absolute Gasteiger partial charge is 0.497 e. The number of carbonyl (C=O) groups excluding carboxylic acids is 3. The Morgan fingerprint density at radius 1 is 1.15 bits per heavy atom. The molecule has 12 heteroatoms. The second kappa shape index (κ2) is 11.0. The van der Waals surface area contributed by atoms with Gasteiger partial charge in [-0.15, -0.1) is 11.3 Å². The molecule has 0 radical (unpaired) electrons. The molecule has 2 unspecified atom stereocenters. The molecule has 2 aromatic rings. The van der Waals surface area contributed by atoms with Gasteiger partial charge in [0.05, 0.1) is 25.4 Å². The number of thiophene rings is 1. The molecule has 3 rings (SSSR count). The van der Waals surface area contributed by atoms with Crippen LogP contribution >= 0.6 is 11.3 Å². The van der Waals surface area contributed by atoms with Crippen LogP contribution in [0.3, 0.4) is 0 Å². The summed E-state index contributed by atoms with van der Waals surface area (Å²) >= 11 is 1.23. The number of nitrogens with zero attached hydrogens (tertiary/aromatic N) is 2. The molecule has 1 N–H and O–H groups in total. The van der Waals surface area contributed by atoms with Crippen molar-refractivity contribution in [2.45, 2.75) is 18.5 Å². The van der Waals surface area contributed by atoms with Crippen LogP contribution in [0.2, 0.25) is 0 Å². The molecule has 34 heavy (non-hydrogen) atoms. The smallest absolute Gasteiger partial charge is 0.328 e. The number of benzene rings is 1. The molecule has 1 fully saturated rings. The summed E-state index contributed by atoms with van der Waals surface area (Å²) in [4.78, 5) is 40.6. The van der Waals surface area contributed by atoms with Gasteiger partial charge >= 0.3 is 5.97 Å². The number of amides is 2. The van der Waals surface area contributed by atoms with Gasteiger partial charge in [-0.1, -0.05) is 18.2 Å². The number of nitrogens with one attached hydrogen (secondary N) is 1. The monoisotopic (exact) mass is 509 g/mol. The topological polar surface area (TPSA) is 122 Å². The molecule has 0 aliphatic carbocycles. The molecule has 1 saturated heterocycles. The van der Waals surface area contributed by atoms with Gasteiger partial charge in [0.1, 0.15) is 17.8 Å². The Labute approximate surface area is 202 Å². The second-order valence-electron chi connectivity index (χ2n) is 7.75. The number of ether oxygens (including phenoxy) is 2. The van der Waals surface area contributed by atoms with Crippen molar-refractivity contribution < 1.29 is 32.3 Å². The predicted molar refractivity (Wildman–Crippen MR) is 126 cm³/mol. The van der Waals surface area contributed by atoms with Crippen LogP contribution in [0.1, 0.15) is 15.2 Å². The van der Waals surface area contributed by atoms with Crippen LogP contribution < -0.4 is 10.1 Å². The standard InChI is InChI=1S/C22H27N3O7S2/c1-31-16-8-6-15(7-9-16)13-17(22(28)32-2)23-20(26)18-14-24(34(3,29)30)10-11-25(18)21(27)19-5-4-12-33-19/h4-9,12,17-18H,10-11,13-14H2,1-3H3,(H,23,26). The predicted octanol–water partition coefficient (Wildman–Crippen LogP) is 0.743. The fourth-order valence-electron chi connectivity index (χ4n) is 3.67. The molecule has 1 aromatic carbocycles. The van der Waals surface area contributed by atoms with Crippen LogP contribution in [0.15, 0.2) is 41.8 Å². The third kappa shape index (κ3) is 6.13. The van der Waals surface area contributed by atoms with Gasteiger partial charge in [-0.05, 0) is 29.1 Å². The van der Waals surface area contributed by atoms with Crippen molar-refractivity contribution in [1.82, 2.24) is 14.5 Å². The van der Waals surface area contributed by atoms with E-state index in [1.807, 2.05) is 0 Å². The zero-order chi connectivity index (χ0) is 24.9. The molecule has 0 spiro atoms. The van der Waals surface area contributed by atoms with Gasteiger partial charge in [-0.2, -0.15) is 4.31 Å². The zero-order valence-electron chi connectivity index (χ0n) is 19.1. The Hall–Kier alpha value is -2.96. The summed E-state index contributed by atoms with van der Waals surface area (Å²) in [5.41, 5.74) is 0.754. The van der Waals surface area contributed by atoms with E-state index in [1.54, 1.807) is 48.9 Å². The number of esters is 1. The lowest BCUT2D eigenvalue weighted by molar-refractivity contribution is -0.145. The maximum absolute atomic E-state index is 13.3. The Kier molecular flexibility index (Phi) is 8.28. The van der Waals surface area contributed by atoms with Gasteiger partial charge in [0.15, 0.2) is 0 Å². The van der Waals surface area contributed by atoms with E-state index in [2.05, 4.69) is 5.32 Å². The van der Waals surface area contributed by atoms with Gasteiger partial charge in [-0.3, -0.25) is 9.59 Å². The molecule has 1 aliphatic heterocycles. The van der Waals surface area contributed by atoms with Crippen LogP contribution in [0, 0.1) is 0 Å². The van der Waals surface area contributed by atoms with E-state index in [1.165, 1.54) is 23.3 Å². The van der Waals surface area contributed by atoms with Crippen molar-refractivity contribution in [3.05, 3.63) is 52.2 Å². The summed E-state index contributed by atoms with van der Waals surface area (Å²) in [5, 5.41) is 4.41.